The van der Waals surface area contributed by atoms with Crippen molar-refractivity contribution in [2.24, 2.45) is 0 Å². The molecule has 1 amide bonds. The molecule has 2 aromatic carbocycles. The van der Waals surface area contributed by atoms with E-state index >= 15 is 0 Å². The Morgan fingerprint density at radius 1 is 1.03 bits per heavy atom. The zero-order chi connectivity index (χ0) is 24.9. The SMILES string of the molecule is Cc1ccc(-c2ccc(CCC(=O)N3CCC(N(C)C)CC3)n2-c2ccc(CC#N)cc2)c(C)c1. The molecule has 182 valence electrons. The molecule has 35 heavy (non-hydrogen) atoms. The Morgan fingerprint density at radius 2 is 1.74 bits per heavy atom. The Balaban J connectivity index is 1.59. The monoisotopic (exact) mass is 468 g/mol. The van der Waals surface area contributed by atoms with E-state index in [1.165, 1.54) is 16.7 Å². The molecular weight excluding hydrogens is 432 g/mol. The van der Waals surface area contributed by atoms with E-state index in [-0.39, 0.29) is 5.91 Å². The van der Waals surface area contributed by atoms with E-state index in [0.717, 1.165) is 48.6 Å². The molecule has 3 aromatic rings. The minimum atomic E-state index is 0.243. The van der Waals surface area contributed by atoms with Gasteiger partial charge in [-0.3, -0.25) is 4.79 Å². The number of benzene rings is 2. The minimum absolute atomic E-state index is 0.243. The second-order valence-electron chi connectivity index (χ2n) is 9.94. The van der Waals surface area contributed by atoms with Crippen molar-refractivity contribution < 1.29 is 4.79 Å². The lowest BCUT2D eigenvalue weighted by molar-refractivity contribution is -0.132. The van der Waals surface area contributed by atoms with Gasteiger partial charge in [0, 0.05) is 42.5 Å². The lowest BCUT2D eigenvalue weighted by Crippen LogP contribution is -2.44. The Kier molecular flexibility index (Phi) is 7.73. The first-order valence-corrected chi connectivity index (χ1v) is 12.6. The van der Waals surface area contributed by atoms with Crippen LogP contribution in [-0.2, 0) is 17.6 Å². The molecule has 1 saturated heterocycles. The standard InChI is InChI=1S/C30H36N4O/c1-22-5-12-28(23(2)21-22)29-13-10-27(34(29)26-8-6-24(7-9-26)15-18-31)11-14-30(35)33-19-16-25(17-20-33)32(3)4/h5-10,12-13,21,25H,11,14-17,19-20H2,1-4H3. The van der Waals surface area contributed by atoms with Crippen LogP contribution in [0.5, 0.6) is 0 Å². The summed E-state index contributed by atoms with van der Waals surface area (Å²) in [4.78, 5) is 17.4. The smallest absolute Gasteiger partial charge is 0.222 e. The van der Waals surface area contributed by atoms with Gasteiger partial charge in [0.1, 0.15) is 0 Å². The first kappa shape index (κ1) is 24.8. The van der Waals surface area contributed by atoms with Gasteiger partial charge in [-0.25, -0.2) is 0 Å². The molecule has 0 bridgehead atoms. The van der Waals surface area contributed by atoms with E-state index in [0.29, 0.717) is 25.3 Å². The number of aryl methyl sites for hydroxylation is 3. The fourth-order valence-corrected chi connectivity index (χ4v) is 5.17. The van der Waals surface area contributed by atoms with Crippen LogP contribution in [0.1, 0.15) is 41.6 Å². The lowest BCUT2D eigenvalue weighted by Gasteiger charge is -2.35. The van der Waals surface area contributed by atoms with Crippen molar-refractivity contribution in [3.63, 3.8) is 0 Å². The normalized spacial score (nSPS) is 14.3. The van der Waals surface area contributed by atoms with Gasteiger partial charge in [0.25, 0.3) is 0 Å². The van der Waals surface area contributed by atoms with Crippen LogP contribution in [0, 0.1) is 25.2 Å². The maximum absolute atomic E-state index is 13.1. The molecule has 0 aliphatic carbocycles. The fourth-order valence-electron chi connectivity index (χ4n) is 5.17. The Labute approximate surface area is 209 Å². The minimum Gasteiger partial charge on any atom is -0.343 e. The molecule has 0 N–H and O–H groups in total. The highest BCUT2D eigenvalue weighted by Gasteiger charge is 2.24. The van der Waals surface area contributed by atoms with Crippen molar-refractivity contribution in [2.75, 3.05) is 27.2 Å². The molecule has 0 unspecified atom stereocenters. The second-order valence-corrected chi connectivity index (χ2v) is 9.94. The van der Waals surface area contributed by atoms with Crippen LogP contribution >= 0.6 is 0 Å². The fraction of sp³-hybridized carbons (Fsp3) is 0.400. The topological polar surface area (TPSA) is 52.3 Å². The first-order chi connectivity index (χ1) is 16.9. The average molecular weight is 469 g/mol. The number of aromatic nitrogens is 1. The van der Waals surface area contributed by atoms with Gasteiger partial charge < -0.3 is 14.4 Å². The van der Waals surface area contributed by atoms with Crippen LogP contribution < -0.4 is 0 Å². The number of nitriles is 1. The number of hydrogen-bond donors (Lipinski definition) is 0. The predicted molar refractivity (Wildman–Crippen MR) is 142 cm³/mol. The number of hydrogen-bond acceptors (Lipinski definition) is 3. The summed E-state index contributed by atoms with van der Waals surface area (Å²) in [5.41, 5.74) is 8.00. The average Bonchev–Trinajstić information content (AvgIpc) is 3.27. The molecule has 4 rings (SSSR count). The van der Waals surface area contributed by atoms with E-state index in [9.17, 15) is 4.79 Å². The molecule has 0 spiro atoms. The first-order valence-electron chi connectivity index (χ1n) is 12.6. The summed E-state index contributed by atoms with van der Waals surface area (Å²) in [5.74, 6) is 0.243. The summed E-state index contributed by atoms with van der Waals surface area (Å²) in [6.07, 6.45) is 3.69. The largest absolute Gasteiger partial charge is 0.343 e. The molecule has 1 aliphatic heterocycles. The van der Waals surface area contributed by atoms with Gasteiger partial charge in [0.2, 0.25) is 5.91 Å². The van der Waals surface area contributed by atoms with E-state index in [1.807, 2.05) is 17.0 Å². The third kappa shape index (κ3) is 5.66. The van der Waals surface area contributed by atoms with Crippen LogP contribution in [0.15, 0.2) is 54.6 Å². The van der Waals surface area contributed by atoms with Crippen molar-refractivity contribution in [2.45, 2.75) is 52.0 Å². The summed E-state index contributed by atoms with van der Waals surface area (Å²) in [6, 6.07) is 21.9. The summed E-state index contributed by atoms with van der Waals surface area (Å²) in [6.45, 7) is 5.95. The number of piperidine rings is 1. The highest BCUT2D eigenvalue weighted by molar-refractivity contribution is 5.77. The van der Waals surface area contributed by atoms with Crippen LogP contribution in [0.4, 0.5) is 0 Å². The van der Waals surface area contributed by atoms with Gasteiger partial charge >= 0.3 is 0 Å². The molecular formula is C30H36N4O. The highest BCUT2D eigenvalue weighted by atomic mass is 16.2. The molecule has 1 aliphatic rings. The molecule has 5 heteroatoms. The van der Waals surface area contributed by atoms with E-state index in [4.69, 9.17) is 5.26 Å². The van der Waals surface area contributed by atoms with Gasteiger partial charge in [-0.1, -0.05) is 35.9 Å². The molecule has 1 fully saturated rings. The molecule has 5 nitrogen and oxygen atoms in total. The lowest BCUT2D eigenvalue weighted by atomic mass is 10.0. The molecule has 2 heterocycles. The van der Waals surface area contributed by atoms with Gasteiger partial charge in [-0.15, -0.1) is 0 Å². The second kappa shape index (κ2) is 10.9. The number of amides is 1. The molecule has 0 atom stereocenters. The van der Waals surface area contributed by atoms with Gasteiger partial charge in [-0.05, 0) is 82.6 Å². The van der Waals surface area contributed by atoms with Crippen molar-refractivity contribution in [3.05, 3.63) is 77.0 Å². The van der Waals surface area contributed by atoms with Crippen molar-refractivity contribution >= 4 is 5.91 Å². The van der Waals surface area contributed by atoms with Gasteiger partial charge in [0.15, 0.2) is 0 Å². The number of carbonyl (C=O) groups excluding carboxylic acids is 1. The van der Waals surface area contributed by atoms with Crippen LogP contribution in [0.3, 0.4) is 0 Å². The number of rotatable bonds is 7. The van der Waals surface area contributed by atoms with E-state index < -0.39 is 0 Å². The predicted octanol–water partition coefficient (Wildman–Crippen LogP) is 5.31. The molecule has 0 saturated carbocycles. The Morgan fingerprint density at radius 3 is 2.37 bits per heavy atom. The third-order valence-electron chi connectivity index (χ3n) is 7.24. The number of likely N-dealkylation sites (tertiary alicyclic amines) is 1. The third-order valence-corrected chi connectivity index (χ3v) is 7.24. The summed E-state index contributed by atoms with van der Waals surface area (Å²) < 4.78 is 2.28. The Bertz CT molecular complexity index is 1210. The number of nitrogens with zero attached hydrogens (tertiary/aromatic N) is 4. The zero-order valence-electron chi connectivity index (χ0n) is 21.4. The van der Waals surface area contributed by atoms with Crippen LogP contribution in [0.2, 0.25) is 0 Å². The quantitative estimate of drug-likeness (QED) is 0.472. The Hall–Kier alpha value is -3.36. The highest BCUT2D eigenvalue weighted by Crippen LogP contribution is 2.30. The maximum Gasteiger partial charge on any atom is 0.222 e. The zero-order valence-corrected chi connectivity index (χ0v) is 21.4. The van der Waals surface area contributed by atoms with Crippen LogP contribution in [0.25, 0.3) is 16.9 Å². The number of carbonyl (C=O) groups is 1. The molecule has 0 radical (unpaired) electrons. The van der Waals surface area contributed by atoms with Crippen molar-refractivity contribution in [1.29, 1.82) is 5.26 Å². The van der Waals surface area contributed by atoms with Crippen molar-refractivity contribution in [3.8, 4) is 23.0 Å². The van der Waals surface area contributed by atoms with E-state index in [1.54, 1.807) is 0 Å². The molecule has 1 aromatic heterocycles. The summed E-state index contributed by atoms with van der Waals surface area (Å²) in [5, 5.41) is 9.04. The maximum atomic E-state index is 13.1. The van der Waals surface area contributed by atoms with Gasteiger partial charge in [0.05, 0.1) is 18.2 Å². The van der Waals surface area contributed by atoms with E-state index in [2.05, 4.69) is 85.9 Å². The summed E-state index contributed by atoms with van der Waals surface area (Å²) in [7, 11) is 4.24. The van der Waals surface area contributed by atoms with Gasteiger partial charge in [-0.2, -0.15) is 5.26 Å². The van der Waals surface area contributed by atoms with Crippen molar-refractivity contribution in [1.82, 2.24) is 14.4 Å². The summed E-state index contributed by atoms with van der Waals surface area (Å²) >= 11 is 0. The van der Waals surface area contributed by atoms with Crippen LogP contribution in [-0.4, -0.2) is 53.5 Å².